The smallest absolute Gasteiger partial charge is 0.262 e. The molecule has 3 heterocycles. The quantitative estimate of drug-likeness (QED) is 0.161. The summed E-state index contributed by atoms with van der Waals surface area (Å²) in [6.07, 6.45) is 8.62. The zero-order valence-electron chi connectivity index (χ0n) is 23.2. The zero-order valence-corrected chi connectivity index (χ0v) is 23.2. The average Bonchev–Trinajstić information content (AvgIpc) is 3.22. The van der Waals surface area contributed by atoms with Gasteiger partial charge in [0.15, 0.2) is 5.82 Å². The molecule has 1 atom stereocenters. The summed E-state index contributed by atoms with van der Waals surface area (Å²) in [4.78, 5) is 59.2. The Morgan fingerprint density at radius 1 is 1.12 bits per heavy atom. The molecule has 0 radical (unpaired) electrons. The maximum absolute atomic E-state index is 13.9. The van der Waals surface area contributed by atoms with Gasteiger partial charge in [-0.15, -0.1) is 0 Å². The van der Waals surface area contributed by atoms with Crippen molar-refractivity contribution in [3.63, 3.8) is 0 Å². The molecule has 1 unspecified atom stereocenters. The number of piperidine rings is 1. The summed E-state index contributed by atoms with van der Waals surface area (Å²) in [7, 11) is 0. The number of anilines is 1. The number of hydrogen-bond donors (Lipinski definition) is 4. The molecule has 0 bridgehead atoms. The number of carbonyl (C=O) groups is 4. The number of halogens is 1. The number of aromatic nitrogens is 2. The number of benzene rings is 2. The summed E-state index contributed by atoms with van der Waals surface area (Å²) in [5.74, 6) is -1.92. The summed E-state index contributed by atoms with van der Waals surface area (Å²) in [5.41, 5.74) is 2.96. The van der Waals surface area contributed by atoms with Gasteiger partial charge in [0.25, 0.3) is 11.8 Å². The fourth-order valence-corrected chi connectivity index (χ4v) is 5.85. The minimum absolute atomic E-state index is 0.0831. The highest BCUT2D eigenvalue weighted by atomic mass is 19.1. The Morgan fingerprint density at radius 3 is 2.72 bits per heavy atom. The molecule has 220 valence electrons. The van der Waals surface area contributed by atoms with Gasteiger partial charge >= 0.3 is 0 Å². The fraction of sp³-hybridized carbons (Fsp3) is 0.323. The molecule has 3 aromatic rings. The van der Waals surface area contributed by atoms with Crippen molar-refractivity contribution in [2.24, 2.45) is 5.92 Å². The van der Waals surface area contributed by atoms with E-state index in [1.54, 1.807) is 36.5 Å². The van der Waals surface area contributed by atoms with Crippen molar-refractivity contribution >= 4 is 52.1 Å². The molecule has 11 nitrogen and oxygen atoms in total. The van der Waals surface area contributed by atoms with E-state index in [4.69, 9.17) is 5.41 Å². The second-order valence-electron chi connectivity index (χ2n) is 11.1. The summed E-state index contributed by atoms with van der Waals surface area (Å²) >= 11 is 0. The molecule has 1 aromatic heterocycles. The highest BCUT2D eigenvalue weighted by molar-refractivity contribution is 6.23. The second kappa shape index (κ2) is 11.7. The van der Waals surface area contributed by atoms with Crippen molar-refractivity contribution < 1.29 is 23.6 Å². The Hall–Kier alpha value is -5.00. The molecular formula is C31H30FN7O4. The third-order valence-corrected chi connectivity index (χ3v) is 8.24. The van der Waals surface area contributed by atoms with Crippen LogP contribution in [0.15, 0.2) is 48.8 Å². The lowest BCUT2D eigenvalue weighted by Crippen LogP contribution is -2.54. The van der Waals surface area contributed by atoms with Crippen LogP contribution in [0.2, 0.25) is 0 Å². The lowest BCUT2D eigenvalue weighted by molar-refractivity contribution is -0.136. The standard InChI is InChI=1S/C31H30FN7O4/c32-23-4-1-5-24-28(23)36-16-25(37-24)18(14-33)15-35-20-11-17(12-20)3-2-10-34-19-6-7-21-22(13-19)31(43)39(30(21)42)26-8-9-27(40)38-29(26)41/h1,4-7,13-17,20,26,33-35H,2-3,8-12H2,(H,38,40,41)/b18-15+,33-14?. The molecule has 2 aromatic carbocycles. The molecule has 0 spiro atoms. The van der Waals surface area contributed by atoms with Crippen molar-refractivity contribution in [2.45, 2.75) is 50.6 Å². The highest BCUT2D eigenvalue weighted by Gasteiger charge is 2.44. The van der Waals surface area contributed by atoms with E-state index < -0.39 is 35.5 Å². The first-order chi connectivity index (χ1) is 20.8. The van der Waals surface area contributed by atoms with Gasteiger partial charge in [0.2, 0.25) is 11.8 Å². The van der Waals surface area contributed by atoms with Crippen LogP contribution in [0.4, 0.5) is 10.1 Å². The second-order valence-corrected chi connectivity index (χ2v) is 11.1. The van der Waals surface area contributed by atoms with Crippen LogP contribution in [-0.2, 0) is 9.59 Å². The Labute approximate surface area is 246 Å². The van der Waals surface area contributed by atoms with Crippen LogP contribution in [-0.4, -0.2) is 63.3 Å². The lowest BCUT2D eigenvalue weighted by Gasteiger charge is -2.35. The maximum Gasteiger partial charge on any atom is 0.262 e. The third-order valence-electron chi connectivity index (χ3n) is 8.24. The first-order valence-corrected chi connectivity index (χ1v) is 14.3. The summed E-state index contributed by atoms with van der Waals surface area (Å²) in [6, 6.07) is 8.94. The van der Waals surface area contributed by atoms with Crippen molar-refractivity contribution in [3.8, 4) is 0 Å². The number of imide groups is 2. The Balaban J connectivity index is 0.955. The molecule has 12 heteroatoms. The SMILES string of the molecule is N=C/C(=C\NC1CC(CCCNc2ccc3c(c2)C(=O)N(C2CCC(=O)NC2=O)C3=O)C1)c1cnc2c(F)cccc2n1. The molecule has 1 saturated carbocycles. The van der Waals surface area contributed by atoms with E-state index in [1.807, 2.05) is 0 Å². The average molecular weight is 584 g/mol. The van der Waals surface area contributed by atoms with Crippen molar-refractivity contribution in [3.05, 3.63) is 71.4 Å². The van der Waals surface area contributed by atoms with Crippen molar-refractivity contribution in [1.29, 1.82) is 5.41 Å². The monoisotopic (exact) mass is 583 g/mol. The molecule has 4 N–H and O–H groups in total. The van der Waals surface area contributed by atoms with E-state index >= 15 is 0 Å². The molecule has 2 fully saturated rings. The van der Waals surface area contributed by atoms with Crippen LogP contribution in [0.25, 0.3) is 16.6 Å². The fourth-order valence-electron chi connectivity index (χ4n) is 5.85. The number of rotatable bonds is 10. The maximum atomic E-state index is 13.9. The number of amides is 4. The van der Waals surface area contributed by atoms with Gasteiger partial charge in [-0.2, -0.15) is 0 Å². The molecule has 1 saturated heterocycles. The van der Waals surface area contributed by atoms with Crippen molar-refractivity contribution in [2.75, 3.05) is 11.9 Å². The van der Waals surface area contributed by atoms with Crippen LogP contribution in [0.1, 0.15) is 64.9 Å². The number of nitrogens with zero attached hydrogens (tertiary/aromatic N) is 3. The topological polar surface area (TPSA) is 157 Å². The Kier molecular flexibility index (Phi) is 7.66. The third kappa shape index (κ3) is 5.60. The number of fused-ring (bicyclic) bond motifs is 2. The molecule has 6 rings (SSSR count). The minimum Gasteiger partial charge on any atom is -0.388 e. The van der Waals surface area contributed by atoms with Gasteiger partial charge in [0.05, 0.1) is 28.5 Å². The summed E-state index contributed by atoms with van der Waals surface area (Å²) in [6.45, 7) is 0.700. The van der Waals surface area contributed by atoms with Crippen LogP contribution >= 0.6 is 0 Å². The van der Waals surface area contributed by atoms with Gasteiger partial charge in [0.1, 0.15) is 11.6 Å². The number of allylic oxidation sites excluding steroid dienone is 1. The largest absolute Gasteiger partial charge is 0.388 e. The summed E-state index contributed by atoms with van der Waals surface area (Å²) < 4.78 is 13.9. The lowest BCUT2D eigenvalue weighted by atomic mass is 9.77. The Morgan fingerprint density at radius 2 is 1.93 bits per heavy atom. The van der Waals surface area contributed by atoms with Gasteiger partial charge in [-0.1, -0.05) is 6.07 Å². The highest BCUT2D eigenvalue weighted by Crippen LogP contribution is 2.32. The van der Waals surface area contributed by atoms with E-state index in [2.05, 4.69) is 25.9 Å². The van der Waals surface area contributed by atoms with E-state index in [0.29, 0.717) is 35.3 Å². The van der Waals surface area contributed by atoms with Gasteiger partial charge in [-0.05, 0) is 68.4 Å². The van der Waals surface area contributed by atoms with E-state index in [0.717, 1.165) is 36.3 Å². The predicted octanol–water partition coefficient (Wildman–Crippen LogP) is 3.42. The molecule has 2 aliphatic heterocycles. The number of hydrogen-bond acceptors (Lipinski definition) is 9. The zero-order chi connectivity index (χ0) is 30.1. The van der Waals surface area contributed by atoms with Crippen LogP contribution in [0.3, 0.4) is 0 Å². The molecule has 43 heavy (non-hydrogen) atoms. The van der Waals surface area contributed by atoms with E-state index in [9.17, 15) is 23.6 Å². The van der Waals surface area contributed by atoms with E-state index in [1.165, 1.54) is 18.5 Å². The minimum atomic E-state index is -0.979. The van der Waals surface area contributed by atoms with Crippen LogP contribution < -0.4 is 16.0 Å². The van der Waals surface area contributed by atoms with Crippen LogP contribution in [0, 0.1) is 17.1 Å². The molecular weight excluding hydrogens is 553 g/mol. The van der Waals surface area contributed by atoms with Gasteiger partial charge in [-0.3, -0.25) is 29.4 Å². The summed E-state index contributed by atoms with van der Waals surface area (Å²) in [5, 5.41) is 16.7. The molecule has 3 aliphatic rings. The van der Waals surface area contributed by atoms with Crippen molar-refractivity contribution in [1.82, 2.24) is 25.5 Å². The van der Waals surface area contributed by atoms with E-state index in [-0.39, 0.29) is 29.5 Å². The first-order valence-electron chi connectivity index (χ1n) is 14.3. The van der Waals surface area contributed by atoms with Gasteiger partial charge < -0.3 is 16.0 Å². The number of para-hydroxylation sites is 1. The predicted molar refractivity (Wildman–Crippen MR) is 157 cm³/mol. The van der Waals surface area contributed by atoms with Gasteiger partial charge in [-0.25, -0.2) is 14.4 Å². The Bertz CT molecular complexity index is 1680. The molecule has 4 amide bonds. The van der Waals surface area contributed by atoms with Gasteiger partial charge in [0, 0.05) is 42.7 Å². The molecule has 1 aliphatic carbocycles. The first kappa shape index (κ1) is 28.1. The number of nitrogens with one attached hydrogen (secondary N) is 4. The number of carbonyl (C=O) groups excluding carboxylic acids is 4. The van der Waals surface area contributed by atoms with Crippen LogP contribution in [0.5, 0.6) is 0 Å². The normalized spacial score (nSPS) is 21.8.